The number of nitrogens with zero attached hydrogens (tertiary/aromatic N) is 1. The van der Waals surface area contributed by atoms with E-state index < -0.39 is 17.6 Å². The molecule has 0 unspecified atom stereocenters. The molecule has 0 spiro atoms. The number of carbonyl (C=O) groups is 2. The molecule has 1 saturated heterocycles. The van der Waals surface area contributed by atoms with E-state index in [0.717, 1.165) is 0 Å². The maximum Gasteiger partial charge on any atom is 0.326 e. The Morgan fingerprint density at radius 1 is 1.50 bits per heavy atom. The molecule has 1 aromatic heterocycles. The average Bonchev–Trinajstić information content (AvgIpc) is 2.88. The van der Waals surface area contributed by atoms with Crippen LogP contribution in [0.5, 0.6) is 0 Å². The van der Waals surface area contributed by atoms with Crippen molar-refractivity contribution >= 4 is 35.0 Å². The van der Waals surface area contributed by atoms with Crippen LogP contribution in [0.3, 0.4) is 0 Å². The second-order valence-corrected chi connectivity index (χ2v) is 8.46. The summed E-state index contributed by atoms with van der Waals surface area (Å²) in [7, 11) is 0. The number of carbonyl (C=O) groups excluding carboxylic acids is 2. The maximum absolute atomic E-state index is 12.3. The van der Waals surface area contributed by atoms with Gasteiger partial charge in [0.15, 0.2) is 0 Å². The van der Waals surface area contributed by atoms with Gasteiger partial charge in [0.1, 0.15) is 12.1 Å². The summed E-state index contributed by atoms with van der Waals surface area (Å²) in [4.78, 5) is 27.1. The first-order chi connectivity index (χ1) is 10.3. The summed E-state index contributed by atoms with van der Waals surface area (Å²) in [6.45, 7) is 5.87. The number of rotatable bonds is 3. The minimum absolute atomic E-state index is 0.0494. The first-order valence-electron chi connectivity index (χ1n) is 7.17. The fourth-order valence-electron chi connectivity index (χ4n) is 2.19. The summed E-state index contributed by atoms with van der Waals surface area (Å²) >= 11 is 3.32. The molecule has 0 bridgehead atoms. The van der Waals surface area contributed by atoms with Crippen molar-refractivity contribution in [3.8, 4) is 0 Å². The second-order valence-electron chi connectivity index (χ2n) is 6.25. The van der Waals surface area contributed by atoms with Gasteiger partial charge in [-0.3, -0.25) is 9.59 Å². The topological polar surface area (TPSA) is 72.6 Å². The van der Waals surface area contributed by atoms with Crippen molar-refractivity contribution in [2.75, 3.05) is 18.8 Å². The highest BCUT2D eigenvalue weighted by atomic mass is 32.2. The summed E-state index contributed by atoms with van der Waals surface area (Å²) in [6.07, 6.45) is 0. The van der Waals surface area contributed by atoms with E-state index in [-0.39, 0.29) is 17.7 Å². The van der Waals surface area contributed by atoms with Crippen LogP contribution in [0.15, 0.2) is 17.5 Å². The summed E-state index contributed by atoms with van der Waals surface area (Å²) in [6, 6.07) is 3.47. The smallest absolute Gasteiger partial charge is 0.326 e. The van der Waals surface area contributed by atoms with Crippen LogP contribution in [0.4, 0.5) is 0 Å². The van der Waals surface area contributed by atoms with Crippen LogP contribution >= 0.6 is 23.1 Å². The van der Waals surface area contributed by atoms with E-state index >= 15 is 0 Å². The zero-order valence-corrected chi connectivity index (χ0v) is 14.7. The molecule has 0 saturated carbocycles. The van der Waals surface area contributed by atoms with Gasteiger partial charge in [-0.15, -0.1) is 23.1 Å². The van der Waals surface area contributed by atoms with Crippen LogP contribution < -0.4 is 5.73 Å². The lowest BCUT2D eigenvalue weighted by Crippen LogP contribution is -2.47. The number of thioether (sulfide) groups is 1. The van der Waals surface area contributed by atoms with E-state index in [9.17, 15) is 9.59 Å². The molecule has 5 nitrogen and oxygen atoms in total. The summed E-state index contributed by atoms with van der Waals surface area (Å²) in [5, 5.41) is 2.17. The van der Waals surface area contributed by atoms with Gasteiger partial charge >= 0.3 is 5.97 Å². The molecule has 0 aromatic carbocycles. The largest absolute Gasteiger partial charge is 0.459 e. The fourth-order valence-corrected chi connectivity index (χ4v) is 4.37. The van der Waals surface area contributed by atoms with E-state index in [1.807, 2.05) is 32.2 Å². The third kappa shape index (κ3) is 4.72. The molecule has 1 fully saturated rings. The molecule has 2 N–H and O–H groups in total. The van der Waals surface area contributed by atoms with Gasteiger partial charge in [-0.25, -0.2) is 0 Å². The van der Waals surface area contributed by atoms with Crippen molar-refractivity contribution < 1.29 is 14.3 Å². The molecule has 1 amide bonds. The number of hydrogen-bond donors (Lipinski definition) is 1. The minimum atomic E-state index is -0.572. The van der Waals surface area contributed by atoms with Crippen LogP contribution in [0, 0.1) is 0 Å². The lowest BCUT2D eigenvalue weighted by molar-refractivity contribution is -0.159. The van der Waals surface area contributed by atoms with Gasteiger partial charge < -0.3 is 15.4 Å². The third-order valence-electron chi connectivity index (χ3n) is 3.09. The first-order valence-corrected chi connectivity index (χ1v) is 9.10. The number of esters is 1. The average molecular weight is 342 g/mol. The predicted octanol–water partition coefficient (Wildman–Crippen LogP) is 2.03. The van der Waals surface area contributed by atoms with Gasteiger partial charge in [0, 0.05) is 17.2 Å². The molecule has 2 rings (SSSR count). The predicted molar refractivity (Wildman–Crippen MR) is 89.9 cm³/mol. The van der Waals surface area contributed by atoms with Gasteiger partial charge in [0.2, 0.25) is 5.91 Å². The summed E-state index contributed by atoms with van der Waals surface area (Å²) < 4.78 is 5.31. The quantitative estimate of drug-likeness (QED) is 0.851. The number of amides is 1. The molecular weight excluding hydrogens is 320 g/mol. The normalized spacial score (nSPS) is 23.3. The number of hydrogen-bond acceptors (Lipinski definition) is 6. The zero-order chi connectivity index (χ0) is 16.3. The van der Waals surface area contributed by atoms with Gasteiger partial charge in [-0.05, 0) is 32.2 Å². The molecular formula is C15H22N2O3S2. The van der Waals surface area contributed by atoms with E-state index in [2.05, 4.69) is 6.07 Å². The highest BCUT2D eigenvalue weighted by Crippen LogP contribution is 2.35. The van der Waals surface area contributed by atoms with Crippen molar-refractivity contribution in [3.63, 3.8) is 0 Å². The van der Waals surface area contributed by atoms with Gasteiger partial charge in [0.05, 0.1) is 11.3 Å². The highest BCUT2D eigenvalue weighted by molar-refractivity contribution is 7.99. The Kier molecular flexibility index (Phi) is 5.52. The van der Waals surface area contributed by atoms with Crippen LogP contribution in [0.1, 0.15) is 30.9 Å². The molecule has 7 heteroatoms. The lowest BCUT2D eigenvalue weighted by atomic mass is 10.2. The van der Waals surface area contributed by atoms with Gasteiger partial charge in [-0.2, -0.15) is 0 Å². The Morgan fingerprint density at radius 3 is 2.82 bits per heavy atom. The van der Waals surface area contributed by atoms with Crippen molar-refractivity contribution in [1.29, 1.82) is 0 Å². The van der Waals surface area contributed by atoms with E-state index in [1.54, 1.807) is 23.1 Å². The lowest BCUT2D eigenvalue weighted by Gasteiger charge is -2.26. The van der Waals surface area contributed by atoms with E-state index in [4.69, 9.17) is 10.5 Å². The molecule has 1 aliphatic heterocycles. The highest BCUT2D eigenvalue weighted by Gasteiger charge is 2.32. The Morgan fingerprint density at radius 2 is 2.23 bits per heavy atom. The Hall–Kier alpha value is -1.05. The zero-order valence-electron chi connectivity index (χ0n) is 13.1. The van der Waals surface area contributed by atoms with Crippen molar-refractivity contribution in [2.45, 2.75) is 37.7 Å². The van der Waals surface area contributed by atoms with Crippen LogP contribution in [-0.4, -0.2) is 47.3 Å². The molecule has 2 heterocycles. The van der Waals surface area contributed by atoms with E-state index in [1.165, 1.54) is 9.78 Å². The number of nitrogens with two attached hydrogens (primary N) is 1. The number of ether oxygens (including phenoxy) is 1. The van der Waals surface area contributed by atoms with Crippen molar-refractivity contribution in [2.24, 2.45) is 5.73 Å². The first kappa shape index (κ1) is 17.3. The molecule has 2 atom stereocenters. The molecule has 1 aromatic rings. The number of thiophene rings is 1. The van der Waals surface area contributed by atoms with Gasteiger partial charge in [0.25, 0.3) is 0 Å². The Labute approximate surface area is 139 Å². The molecule has 22 heavy (non-hydrogen) atoms. The molecule has 0 aliphatic carbocycles. The molecule has 1 aliphatic rings. The minimum Gasteiger partial charge on any atom is -0.459 e. The second kappa shape index (κ2) is 7.02. The van der Waals surface area contributed by atoms with Crippen LogP contribution in [0.2, 0.25) is 0 Å². The van der Waals surface area contributed by atoms with Gasteiger partial charge in [-0.1, -0.05) is 6.07 Å². The summed E-state index contributed by atoms with van der Waals surface area (Å²) in [5.41, 5.74) is 5.37. The molecule has 0 radical (unpaired) electrons. The molecule has 122 valence electrons. The maximum atomic E-state index is 12.3. The van der Waals surface area contributed by atoms with Crippen molar-refractivity contribution in [1.82, 2.24) is 4.90 Å². The fraction of sp³-hybridized carbons (Fsp3) is 0.600. The van der Waals surface area contributed by atoms with Crippen molar-refractivity contribution in [3.05, 3.63) is 22.4 Å². The Bertz CT molecular complexity index is 525. The van der Waals surface area contributed by atoms with Crippen LogP contribution in [-0.2, 0) is 14.3 Å². The third-order valence-corrected chi connectivity index (χ3v) is 5.58. The Balaban J connectivity index is 2.08. The SMILES string of the molecule is CC(C)(C)OC(=O)CN1C[C@H](c2cccs2)SC[C@@H](N)C1=O. The van der Waals surface area contributed by atoms with Crippen LogP contribution in [0.25, 0.3) is 0 Å². The summed E-state index contributed by atoms with van der Waals surface area (Å²) in [5.74, 6) is -0.0195. The standard InChI is InChI=1S/C15H22N2O3S2/c1-15(2,3)20-13(18)8-17-7-12(11-5-4-6-21-11)22-9-10(16)14(17)19/h4-6,10,12H,7-9,16H2,1-3H3/t10-,12-/m1/s1. The van der Waals surface area contributed by atoms with E-state index in [0.29, 0.717) is 12.3 Å². The monoisotopic (exact) mass is 342 g/mol.